The van der Waals surface area contributed by atoms with Crippen LogP contribution in [0.5, 0.6) is 0 Å². The van der Waals surface area contributed by atoms with Crippen LogP contribution in [0.2, 0.25) is 0 Å². The highest BCUT2D eigenvalue weighted by molar-refractivity contribution is 7.99. The predicted octanol–water partition coefficient (Wildman–Crippen LogP) is 0.802. The first-order valence-corrected chi connectivity index (χ1v) is 6.80. The third-order valence-corrected chi connectivity index (χ3v) is 3.96. The van der Waals surface area contributed by atoms with Crippen molar-refractivity contribution in [3.05, 3.63) is 29.3 Å². The van der Waals surface area contributed by atoms with Crippen molar-refractivity contribution in [1.82, 2.24) is 0 Å². The van der Waals surface area contributed by atoms with E-state index < -0.39 is 11.8 Å². The zero-order valence-electron chi connectivity index (χ0n) is 9.81. The van der Waals surface area contributed by atoms with Gasteiger partial charge in [-0.3, -0.25) is 9.59 Å². The Balaban J connectivity index is 2.27. The van der Waals surface area contributed by atoms with Gasteiger partial charge in [0.05, 0.1) is 0 Å². The van der Waals surface area contributed by atoms with Crippen molar-refractivity contribution in [2.75, 3.05) is 16.8 Å². The van der Waals surface area contributed by atoms with E-state index in [0.29, 0.717) is 22.9 Å². The number of hydrogen-bond donors (Lipinski definition) is 3. The van der Waals surface area contributed by atoms with Crippen LogP contribution < -0.4 is 16.8 Å². The van der Waals surface area contributed by atoms with Gasteiger partial charge >= 0.3 is 0 Å². The molecule has 1 aromatic carbocycles. The highest BCUT2D eigenvalue weighted by Gasteiger charge is 2.16. The monoisotopic (exact) mass is 265 g/mol. The maximum absolute atomic E-state index is 11.2. The van der Waals surface area contributed by atoms with Crippen molar-refractivity contribution in [2.45, 2.75) is 12.5 Å². The zero-order chi connectivity index (χ0) is 13.1. The predicted molar refractivity (Wildman–Crippen MR) is 72.8 cm³/mol. The summed E-state index contributed by atoms with van der Waals surface area (Å²) in [6, 6.07) is 5.08. The number of amides is 2. The van der Waals surface area contributed by atoms with Gasteiger partial charge in [0.1, 0.15) is 0 Å². The second kappa shape index (κ2) is 5.30. The molecule has 6 heteroatoms. The van der Waals surface area contributed by atoms with E-state index in [0.717, 1.165) is 17.9 Å². The molecule has 1 saturated heterocycles. The molecule has 5 nitrogen and oxygen atoms in total. The average Bonchev–Trinajstić information content (AvgIpc) is 2.81. The van der Waals surface area contributed by atoms with Crippen molar-refractivity contribution in [1.29, 1.82) is 0 Å². The molecule has 1 aliphatic rings. The summed E-state index contributed by atoms with van der Waals surface area (Å²) < 4.78 is 0. The van der Waals surface area contributed by atoms with Crippen molar-refractivity contribution >= 4 is 29.3 Å². The highest BCUT2D eigenvalue weighted by atomic mass is 32.2. The van der Waals surface area contributed by atoms with E-state index in [1.165, 1.54) is 6.07 Å². The lowest BCUT2D eigenvalue weighted by Gasteiger charge is -2.14. The van der Waals surface area contributed by atoms with E-state index >= 15 is 0 Å². The molecule has 1 unspecified atom stereocenters. The van der Waals surface area contributed by atoms with Gasteiger partial charge in [-0.1, -0.05) is 0 Å². The zero-order valence-corrected chi connectivity index (χ0v) is 10.6. The van der Waals surface area contributed by atoms with Gasteiger partial charge in [0.15, 0.2) is 0 Å². The van der Waals surface area contributed by atoms with Gasteiger partial charge in [-0.15, -0.1) is 0 Å². The van der Waals surface area contributed by atoms with Crippen LogP contribution in [0.25, 0.3) is 0 Å². The van der Waals surface area contributed by atoms with Gasteiger partial charge in [-0.25, -0.2) is 0 Å². The van der Waals surface area contributed by atoms with Crippen molar-refractivity contribution < 1.29 is 9.59 Å². The second-order valence-electron chi connectivity index (χ2n) is 4.23. The van der Waals surface area contributed by atoms with Crippen LogP contribution in [0.15, 0.2) is 18.2 Å². The molecule has 1 atom stereocenters. The van der Waals surface area contributed by atoms with Gasteiger partial charge in [0, 0.05) is 28.6 Å². The number of rotatable bonds is 4. The van der Waals surface area contributed by atoms with E-state index in [4.69, 9.17) is 11.5 Å². The molecule has 1 aliphatic heterocycles. The minimum absolute atomic E-state index is 0.291. The van der Waals surface area contributed by atoms with E-state index in [-0.39, 0.29) is 0 Å². The van der Waals surface area contributed by atoms with Crippen LogP contribution in [0.3, 0.4) is 0 Å². The molecule has 1 fully saturated rings. The number of anilines is 1. The van der Waals surface area contributed by atoms with Crippen LogP contribution in [0.4, 0.5) is 5.69 Å². The summed E-state index contributed by atoms with van der Waals surface area (Å²) in [7, 11) is 0. The lowest BCUT2D eigenvalue weighted by Crippen LogP contribution is -2.20. The Morgan fingerprint density at radius 3 is 2.22 bits per heavy atom. The van der Waals surface area contributed by atoms with Crippen LogP contribution in [-0.4, -0.2) is 29.4 Å². The molecule has 18 heavy (non-hydrogen) atoms. The van der Waals surface area contributed by atoms with Crippen LogP contribution >= 0.6 is 11.8 Å². The van der Waals surface area contributed by atoms with Crippen molar-refractivity contribution in [3.63, 3.8) is 0 Å². The molecular weight excluding hydrogens is 250 g/mol. The molecule has 0 saturated carbocycles. The summed E-state index contributed by atoms with van der Waals surface area (Å²) in [4.78, 5) is 22.4. The van der Waals surface area contributed by atoms with Gasteiger partial charge in [0.2, 0.25) is 11.8 Å². The number of carbonyl (C=O) groups excluding carboxylic acids is 2. The van der Waals surface area contributed by atoms with Gasteiger partial charge in [0.25, 0.3) is 0 Å². The van der Waals surface area contributed by atoms with Gasteiger partial charge < -0.3 is 16.8 Å². The number of nitrogens with one attached hydrogen (secondary N) is 1. The number of primary amides is 2. The smallest absolute Gasteiger partial charge is 0.248 e. The molecule has 0 spiro atoms. The molecule has 96 valence electrons. The maximum atomic E-state index is 11.2. The average molecular weight is 265 g/mol. The number of thioether (sulfide) groups is 1. The minimum Gasteiger partial charge on any atom is -0.381 e. The molecule has 1 aromatic rings. The molecule has 1 heterocycles. The molecule has 5 N–H and O–H groups in total. The third-order valence-electron chi connectivity index (χ3n) is 2.80. The Bertz CT molecular complexity index is 452. The topological polar surface area (TPSA) is 98.2 Å². The quantitative estimate of drug-likeness (QED) is 0.750. The number of nitrogens with two attached hydrogens (primary N) is 2. The van der Waals surface area contributed by atoms with E-state index in [1.807, 2.05) is 11.8 Å². The fourth-order valence-electron chi connectivity index (χ4n) is 1.88. The standard InChI is InChI=1S/C12H15N3O2S/c13-11(16)7-3-8(12(14)17)5-10(4-7)15-9-1-2-18-6-9/h3-5,9,15H,1-2,6H2,(H2,13,16)(H2,14,17). The van der Waals surface area contributed by atoms with Crippen molar-refractivity contribution in [2.24, 2.45) is 11.5 Å². The van der Waals surface area contributed by atoms with Gasteiger partial charge in [-0.05, 0) is 30.4 Å². The van der Waals surface area contributed by atoms with E-state index in [9.17, 15) is 9.59 Å². The first-order chi connectivity index (χ1) is 8.56. The summed E-state index contributed by atoms with van der Waals surface area (Å²) in [5, 5.41) is 3.30. The van der Waals surface area contributed by atoms with Crippen LogP contribution in [-0.2, 0) is 0 Å². The molecule has 2 rings (SSSR count). The second-order valence-corrected chi connectivity index (χ2v) is 5.38. The molecule has 0 aliphatic carbocycles. The normalized spacial score (nSPS) is 18.6. The van der Waals surface area contributed by atoms with Gasteiger partial charge in [-0.2, -0.15) is 11.8 Å². The Hall–Kier alpha value is -1.69. The Labute approximate surface area is 109 Å². The van der Waals surface area contributed by atoms with Crippen LogP contribution in [0, 0.1) is 0 Å². The summed E-state index contributed by atoms with van der Waals surface area (Å²) in [5.74, 6) is 1.01. The fourth-order valence-corrected chi connectivity index (χ4v) is 3.03. The molecule has 2 amide bonds. The lowest BCUT2D eigenvalue weighted by molar-refractivity contribution is 0.0999. The summed E-state index contributed by atoms with van der Waals surface area (Å²) >= 11 is 1.88. The van der Waals surface area contributed by atoms with E-state index in [1.54, 1.807) is 12.1 Å². The lowest BCUT2D eigenvalue weighted by atomic mass is 10.1. The number of carbonyl (C=O) groups is 2. The summed E-state index contributed by atoms with van der Waals surface area (Å²) in [5.41, 5.74) is 11.8. The first kappa shape index (κ1) is 12.8. The van der Waals surface area contributed by atoms with Crippen LogP contribution in [0.1, 0.15) is 27.1 Å². The summed E-state index contributed by atoms with van der Waals surface area (Å²) in [6.45, 7) is 0. The molecule has 0 radical (unpaired) electrons. The third kappa shape index (κ3) is 2.95. The molecular formula is C12H15N3O2S. The fraction of sp³-hybridized carbons (Fsp3) is 0.333. The van der Waals surface area contributed by atoms with E-state index in [2.05, 4.69) is 5.32 Å². The SMILES string of the molecule is NC(=O)c1cc(NC2CCSC2)cc(C(N)=O)c1. The highest BCUT2D eigenvalue weighted by Crippen LogP contribution is 2.23. The maximum Gasteiger partial charge on any atom is 0.248 e. The number of hydrogen-bond acceptors (Lipinski definition) is 4. The Kier molecular flexibility index (Phi) is 3.76. The number of benzene rings is 1. The minimum atomic E-state index is -0.568. The Morgan fingerprint density at radius 2 is 1.78 bits per heavy atom. The molecule has 0 bridgehead atoms. The largest absolute Gasteiger partial charge is 0.381 e. The first-order valence-electron chi connectivity index (χ1n) is 5.65. The molecule has 0 aromatic heterocycles. The van der Waals surface area contributed by atoms with Crippen molar-refractivity contribution in [3.8, 4) is 0 Å². The Morgan fingerprint density at radius 1 is 1.17 bits per heavy atom. The summed E-state index contributed by atoms with van der Waals surface area (Å²) in [6.07, 6.45) is 1.07.